The molecular formula is C28H34N4OS. The Kier molecular flexibility index (Phi) is 6.79. The second-order valence-corrected chi connectivity index (χ2v) is 11.0. The molecule has 0 radical (unpaired) electrons. The van der Waals surface area contributed by atoms with Gasteiger partial charge in [0.1, 0.15) is 6.10 Å². The fourth-order valence-corrected chi connectivity index (χ4v) is 5.96. The molecule has 2 N–H and O–H groups in total. The second-order valence-electron chi connectivity index (χ2n) is 10.1. The van der Waals surface area contributed by atoms with Crippen LogP contribution >= 0.6 is 11.9 Å². The fraction of sp³-hybridized carbons (Fsp3) is 0.429. The smallest absolute Gasteiger partial charge is 0.237 e. The molecule has 34 heavy (non-hydrogen) atoms. The van der Waals surface area contributed by atoms with E-state index in [0.29, 0.717) is 29.7 Å². The molecule has 1 unspecified atom stereocenters. The number of anilines is 1. The summed E-state index contributed by atoms with van der Waals surface area (Å²) in [6, 6.07) is 17.7. The van der Waals surface area contributed by atoms with Crippen molar-refractivity contribution in [2.75, 3.05) is 11.3 Å². The maximum Gasteiger partial charge on any atom is 0.237 e. The summed E-state index contributed by atoms with van der Waals surface area (Å²) < 4.78 is 9.96. The van der Waals surface area contributed by atoms with E-state index in [1.807, 2.05) is 6.07 Å². The van der Waals surface area contributed by atoms with E-state index in [1.54, 1.807) is 11.9 Å². The van der Waals surface area contributed by atoms with Crippen LogP contribution in [-0.2, 0) is 0 Å². The van der Waals surface area contributed by atoms with Gasteiger partial charge in [-0.05, 0) is 85.7 Å². The summed E-state index contributed by atoms with van der Waals surface area (Å²) in [6.45, 7) is 9.70. The topological polar surface area (TPSA) is 59.1 Å². The Morgan fingerprint density at radius 1 is 1.03 bits per heavy atom. The molecule has 5 nitrogen and oxygen atoms in total. The minimum absolute atomic E-state index is 0.0477. The first-order chi connectivity index (χ1) is 16.4. The van der Waals surface area contributed by atoms with Crippen molar-refractivity contribution >= 4 is 17.9 Å². The number of nitrogens with one attached hydrogen (secondary N) is 2. The van der Waals surface area contributed by atoms with Crippen LogP contribution in [0.4, 0.5) is 5.95 Å². The minimum atomic E-state index is 0.0477. The molecule has 0 saturated carbocycles. The summed E-state index contributed by atoms with van der Waals surface area (Å²) in [7, 11) is 0. The summed E-state index contributed by atoms with van der Waals surface area (Å²) >= 11 is 1.56. The zero-order chi connectivity index (χ0) is 23.7. The van der Waals surface area contributed by atoms with Gasteiger partial charge in [-0.3, -0.25) is 4.72 Å². The third-order valence-corrected chi connectivity index (χ3v) is 7.60. The Balaban J connectivity index is 1.55. The third kappa shape index (κ3) is 5.23. The summed E-state index contributed by atoms with van der Waals surface area (Å²) in [5.41, 5.74) is 5.82. The number of hydrogen-bond donors (Lipinski definition) is 2. The van der Waals surface area contributed by atoms with Crippen molar-refractivity contribution in [3.05, 3.63) is 65.2 Å². The molecule has 0 spiro atoms. The summed E-state index contributed by atoms with van der Waals surface area (Å²) in [5, 5.41) is 3.80. The standard InChI is InChI=1S/C28H34N4OS/c1-17(2)11-22-12-21-13-23(16-29-22)33-26-15-25(27-18(3)7-5-8-19(27)4)30-28(31-26)32-34-24-10-6-9-20(21)14-24/h5-10,14-15,17,21-23,29H,11-13,16H2,1-4H3,(H,30,31,32)/t21?,22-,23-/m0/s1. The average molecular weight is 475 g/mol. The van der Waals surface area contributed by atoms with Gasteiger partial charge >= 0.3 is 0 Å². The minimum Gasteiger partial charge on any atom is -0.473 e. The zero-order valence-corrected chi connectivity index (χ0v) is 21.3. The number of fused-ring (bicyclic) bond motifs is 7. The zero-order valence-electron chi connectivity index (χ0n) is 20.5. The average Bonchev–Trinajstić information content (AvgIpc) is 2.99. The van der Waals surface area contributed by atoms with Crippen LogP contribution in [0.3, 0.4) is 0 Å². The van der Waals surface area contributed by atoms with Gasteiger partial charge in [0.25, 0.3) is 0 Å². The monoisotopic (exact) mass is 474 g/mol. The maximum atomic E-state index is 6.58. The number of aryl methyl sites for hydroxylation is 2. The maximum absolute atomic E-state index is 6.58. The van der Waals surface area contributed by atoms with Crippen molar-refractivity contribution in [2.45, 2.75) is 69.9 Å². The molecule has 3 aromatic rings. The van der Waals surface area contributed by atoms with Gasteiger partial charge in [-0.15, -0.1) is 0 Å². The first-order valence-corrected chi connectivity index (χ1v) is 13.1. The number of benzene rings is 2. The lowest BCUT2D eigenvalue weighted by molar-refractivity contribution is 0.180. The summed E-state index contributed by atoms with van der Waals surface area (Å²) in [4.78, 5) is 10.8. The molecule has 6 heteroatoms. The first-order valence-electron chi connectivity index (χ1n) is 12.3. The Hall–Kier alpha value is -2.57. The van der Waals surface area contributed by atoms with Crippen LogP contribution in [0.1, 0.15) is 55.7 Å². The van der Waals surface area contributed by atoms with Crippen LogP contribution in [0.5, 0.6) is 5.88 Å². The van der Waals surface area contributed by atoms with Crippen LogP contribution in [0.2, 0.25) is 0 Å². The van der Waals surface area contributed by atoms with E-state index in [2.05, 4.69) is 80.2 Å². The van der Waals surface area contributed by atoms with Gasteiger partial charge in [-0.25, -0.2) is 4.98 Å². The van der Waals surface area contributed by atoms with Crippen LogP contribution in [-0.4, -0.2) is 28.7 Å². The van der Waals surface area contributed by atoms with Crippen molar-refractivity contribution in [1.29, 1.82) is 0 Å². The first kappa shape index (κ1) is 23.2. The molecule has 5 rings (SSSR count). The van der Waals surface area contributed by atoms with Gasteiger partial charge in [0, 0.05) is 29.1 Å². The van der Waals surface area contributed by atoms with Gasteiger partial charge in [0.15, 0.2) is 0 Å². The Labute approximate surface area is 207 Å². The van der Waals surface area contributed by atoms with Crippen molar-refractivity contribution < 1.29 is 4.74 Å². The highest BCUT2D eigenvalue weighted by atomic mass is 32.2. The highest BCUT2D eigenvalue weighted by Gasteiger charge is 2.29. The molecule has 6 bridgehead atoms. The van der Waals surface area contributed by atoms with Crippen molar-refractivity contribution in [2.24, 2.45) is 5.92 Å². The lowest BCUT2D eigenvalue weighted by Gasteiger charge is -2.23. The summed E-state index contributed by atoms with van der Waals surface area (Å²) in [6.07, 6.45) is 3.32. The van der Waals surface area contributed by atoms with Gasteiger partial charge < -0.3 is 10.1 Å². The summed E-state index contributed by atoms with van der Waals surface area (Å²) in [5.74, 6) is 2.31. The number of rotatable bonds is 3. The van der Waals surface area contributed by atoms with Gasteiger partial charge in [-0.2, -0.15) is 4.98 Å². The van der Waals surface area contributed by atoms with Crippen LogP contribution in [0.15, 0.2) is 53.4 Å². The van der Waals surface area contributed by atoms with E-state index in [1.165, 1.54) is 28.0 Å². The molecule has 3 heterocycles. The Morgan fingerprint density at radius 3 is 2.62 bits per heavy atom. The third-order valence-electron chi connectivity index (χ3n) is 6.82. The van der Waals surface area contributed by atoms with Crippen LogP contribution in [0.25, 0.3) is 11.3 Å². The SMILES string of the molecule is Cc1cccc(C)c1-c1cc2nc(n1)NSc1cccc(c1)C1C[C@H](CC(C)C)NC[C@H](C1)O2. The highest BCUT2D eigenvalue weighted by molar-refractivity contribution is 8.00. The quantitative estimate of drug-likeness (QED) is 0.421. The number of nitrogens with zero attached hydrogens (tertiary/aromatic N) is 2. The Morgan fingerprint density at radius 2 is 1.82 bits per heavy atom. The van der Waals surface area contributed by atoms with E-state index in [4.69, 9.17) is 14.7 Å². The molecule has 1 aromatic heterocycles. The Bertz CT molecular complexity index is 1140. The normalized spacial score (nSPS) is 22.1. The molecule has 0 aliphatic carbocycles. The second kappa shape index (κ2) is 9.96. The van der Waals surface area contributed by atoms with E-state index in [9.17, 15) is 0 Å². The number of hydrogen-bond acceptors (Lipinski definition) is 6. The van der Waals surface area contributed by atoms with Crippen molar-refractivity contribution in [3.8, 4) is 17.1 Å². The van der Waals surface area contributed by atoms with Crippen molar-refractivity contribution in [3.63, 3.8) is 0 Å². The fourth-order valence-electron chi connectivity index (χ4n) is 5.32. The molecular weight excluding hydrogens is 440 g/mol. The molecule has 2 aliphatic rings. The molecule has 3 atom stereocenters. The predicted molar refractivity (Wildman–Crippen MR) is 141 cm³/mol. The van der Waals surface area contributed by atoms with Crippen LogP contribution in [0, 0.1) is 19.8 Å². The predicted octanol–water partition coefficient (Wildman–Crippen LogP) is 6.52. The largest absolute Gasteiger partial charge is 0.473 e. The van der Waals surface area contributed by atoms with Gasteiger partial charge in [-0.1, -0.05) is 44.2 Å². The lowest BCUT2D eigenvalue weighted by Crippen LogP contribution is -2.35. The van der Waals surface area contributed by atoms with E-state index >= 15 is 0 Å². The van der Waals surface area contributed by atoms with Gasteiger partial charge in [0.05, 0.1) is 5.69 Å². The molecule has 1 fully saturated rings. The van der Waals surface area contributed by atoms with E-state index in [0.717, 1.165) is 30.6 Å². The molecule has 0 amide bonds. The van der Waals surface area contributed by atoms with Crippen molar-refractivity contribution in [1.82, 2.24) is 15.3 Å². The van der Waals surface area contributed by atoms with E-state index < -0.39 is 0 Å². The number of aromatic nitrogens is 2. The van der Waals surface area contributed by atoms with E-state index in [-0.39, 0.29) is 6.10 Å². The highest BCUT2D eigenvalue weighted by Crippen LogP contribution is 2.36. The molecule has 2 aromatic carbocycles. The molecule has 2 aliphatic heterocycles. The number of ether oxygens (including phenoxy) is 1. The molecule has 178 valence electrons. The van der Waals surface area contributed by atoms with Gasteiger partial charge in [0.2, 0.25) is 11.8 Å². The molecule has 1 saturated heterocycles. The lowest BCUT2D eigenvalue weighted by atomic mass is 9.87. The van der Waals surface area contributed by atoms with Crippen LogP contribution < -0.4 is 14.8 Å².